The number of thiocarbonyl (C=S) groups is 1. The number of hydrogen-bond donors (Lipinski definition) is 2. The first kappa shape index (κ1) is 21.8. The molecule has 0 saturated heterocycles. The van der Waals surface area contributed by atoms with Gasteiger partial charge < -0.3 is 29.7 Å². The fraction of sp³-hybridized carbons (Fsp3) is 0.350. The summed E-state index contributed by atoms with van der Waals surface area (Å²) in [6.07, 6.45) is 0. The lowest BCUT2D eigenvalue weighted by molar-refractivity contribution is 0.0601. The van der Waals surface area contributed by atoms with Crippen LogP contribution >= 0.6 is 23.6 Å². The number of esters is 1. The normalized spacial score (nSPS) is 12.8. The van der Waals surface area contributed by atoms with E-state index >= 15 is 0 Å². The molecule has 1 aromatic carbocycles. The minimum absolute atomic E-state index is 0.134. The summed E-state index contributed by atoms with van der Waals surface area (Å²) in [5.74, 6) is 0.675. The number of ether oxygens (including phenoxy) is 3. The third-order valence-corrected chi connectivity index (χ3v) is 6.02. The Labute approximate surface area is 184 Å². The Bertz CT molecular complexity index is 1000. The van der Waals surface area contributed by atoms with E-state index in [-0.39, 0.29) is 18.7 Å². The smallest absolute Gasteiger partial charge is 0.341 e. The maximum absolute atomic E-state index is 12.5. The summed E-state index contributed by atoms with van der Waals surface area (Å²) in [5, 5.41) is 7.00. The van der Waals surface area contributed by atoms with Gasteiger partial charge in [-0.15, -0.1) is 11.3 Å². The van der Waals surface area contributed by atoms with Crippen molar-refractivity contribution >= 4 is 45.5 Å². The molecule has 1 aromatic heterocycles. The minimum Gasteiger partial charge on any atom is -0.465 e. The Morgan fingerprint density at radius 3 is 2.63 bits per heavy atom. The second kappa shape index (κ2) is 8.88. The van der Waals surface area contributed by atoms with E-state index in [2.05, 4.69) is 10.6 Å². The van der Waals surface area contributed by atoms with Gasteiger partial charge >= 0.3 is 5.97 Å². The van der Waals surface area contributed by atoms with Crippen LogP contribution in [0.15, 0.2) is 18.2 Å². The van der Waals surface area contributed by atoms with Crippen LogP contribution < -0.4 is 20.1 Å². The maximum Gasteiger partial charge on any atom is 0.341 e. The monoisotopic (exact) mass is 449 g/mol. The van der Waals surface area contributed by atoms with E-state index < -0.39 is 5.97 Å². The van der Waals surface area contributed by atoms with Crippen molar-refractivity contribution in [3.8, 4) is 11.5 Å². The molecular weight excluding hydrogens is 426 g/mol. The van der Waals surface area contributed by atoms with Crippen molar-refractivity contribution in [3.05, 3.63) is 39.8 Å². The van der Waals surface area contributed by atoms with Gasteiger partial charge in [0.15, 0.2) is 16.6 Å². The number of amides is 1. The number of nitrogens with zero attached hydrogens (tertiary/aromatic N) is 1. The molecule has 0 fully saturated rings. The largest absolute Gasteiger partial charge is 0.465 e. The predicted octanol–water partition coefficient (Wildman–Crippen LogP) is 3.32. The zero-order chi connectivity index (χ0) is 22.0. The van der Waals surface area contributed by atoms with Crippen LogP contribution in [0.3, 0.4) is 0 Å². The quantitative estimate of drug-likeness (QED) is 0.531. The van der Waals surface area contributed by atoms with Gasteiger partial charge in [-0.05, 0) is 49.3 Å². The first-order valence-corrected chi connectivity index (χ1v) is 10.4. The van der Waals surface area contributed by atoms with Gasteiger partial charge in [-0.25, -0.2) is 4.79 Å². The van der Waals surface area contributed by atoms with Gasteiger partial charge in [-0.3, -0.25) is 4.79 Å². The summed E-state index contributed by atoms with van der Waals surface area (Å²) in [5.41, 5.74) is 1.81. The number of fused-ring (bicyclic) bond motifs is 1. The number of carbonyl (C=O) groups excluding carboxylic acids is 2. The van der Waals surface area contributed by atoms with Crippen LogP contribution in [0.4, 0.5) is 5.00 Å². The van der Waals surface area contributed by atoms with Crippen LogP contribution in [0.1, 0.15) is 44.1 Å². The molecule has 2 N–H and O–H groups in total. The first-order valence-electron chi connectivity index (χ1n) is 9.13. The molecule has 0 aliphatic carbocycles. The van der Waals surface area contributed by atoms with Crippen LogP contribution in [0.25, 0.3) is 0 Å². The lowest BCUT2D eigenvalue weighted by Crippen LogP contribution is -2.31. The number of carbonyl (C=O) groups is 2. The Kier molecular flexibility index (Phi) is 6.47. The number of benzene rings is 1. The van der Waals surface area contributed by atoms with Gasteiger partial charge in [0, 0.05) is 14.1 Å². The molecule has 2 heterocycles. The lowest BCUT2D eigenvalue weighted by Gasteiger charge is -2.17. The molecular formula is C20H23N3O5S2. The van der Waals surface area contributed by atoms with Crippen molar-refractivity contribution in [2.45, 2.75) is 19.9 Å². The fourth-order valence-corrected chi connectivity index (χ4v) is 4.52. The average molecular weight is 450 g/mol. The van der Waals surface area contributed by atoms with Gasteiger partial charge in [-0.2, -0.15) is 0 Å². The van der Waals surface area contributed by atoms with Gasteiger partial charge in [0.2, 0.25) is 6.79 Å². The number of methoxy groups -OCH3 is 1. The first-order chi connectivity index (χ1) is 14.2. The van der Waals surface area contributed by atoms with E-state index in [1.807, 2.05) is 25.1 Å². The van der Waals surface area contributed by atoms with Crippen molar-refractivity contribution < 1.29 is 23.8 Å². The van der Waals surface area contributed by atoms with E-state index in [0.717, 1.165) is 5.56 Å². The van der Waals surface area contributed by atoms with Crippen molar-refractivity contribution in [2.24, 2.45) is 0 Å². The Balaban J connectivity index is 1.79. The van der Waals surface area contributed by atoms with Crippen LogP contribution in [0.5, 0.6) is 11.5 Å². The lowest BCUT2D eigenvalue weighted by atomic mass is 10.1. The molecule has 2 aromatic rings. The second-order valence-electron chi connectivity index (χ2n) is 6.88. The SMILES string of the molecule is COC(=O)c1c(NC(=S)N[C@@H](C)c2ccc3c(c2)OCO3)sc(C(=O)N(C)C)c1C. The molecule has 1 aliphatic heterocycles. The molecule has 1 amide bonds. The highest BCUT2D eigenvalue weighted by molar-refractivity contribution is 7.80. The van der Waals surface area contributed by atoms with Crippen LogP contribution in [-0.2, 0) is 4.74 Å². The molecule has 30 heavy (non-hydrogen) atoms. The van der Waals surface area contributed by atoms with E-state index in [4.69, 9.17) is 26.4 Å². The molecule has 0 saturated carbocycles. The molecule has 0 radical (unpaired) electrons. The maximum atomic E-state index is 12.5. The van der Waals surface area contributed by atoms with Gasteiger partial charge in [0.25, 0.3) is 5.91 Å². The highest BCUT2D eigenvalue weighted by atomic mass is 32.1. The Hall–Kier alpha value is -2.85. The highest BCUT2D eigenvalue weighted by Crippen LogP contribution is 2.35. The second-order valence-corrected chi connectivity index (χ2v) is 8.31. The van der Waals surface area contributed by atoms with E-state index in [0.29, 0.717) is 37.6 Å². The summed E-state index contributed by atoms with van der Waals surface area (Å²) in [6.45, 7) is 3.88. The van der Waals surface area contributed by atoms with E-state index in [1.54, 1.807) is 21.0 Å². The molecule has 8 nitrogen and oxygen atoms in total. The van der Waals surface area contributed by atoms with Crippen LogP contribution in [0, 0.1) is 6.92 Å². The fourth-order valence-electron chi connectivity index (χ4n) is 2.96. The predicted molar refractivity (Wildman–Crippen MR) is 119 cm³/mol. The summed E-state index contributed by atoms with van der Waals surface area (Å²) in [4.78, 5) is 26.7. The standard InChI is InChI=1S/C20H23N3O5S2/c1-10-15(19(25)26-5)17(30-16(10)18(24)23(3)4)22-20(29)21-11(2)12-6-7-13-14(8-12)28-9-27-13/h6-8,11H,9H2,1-5H3,(H2,21,22,29)/t11-/m0/s1. The Morgan fingerprint density at radius 2 is 1.97 bits per heavy atom. The topological polar surface area (TPSA) is 89.1 Å². The zero-order valence-electron chi connectivity index (χ0n) is 17.3. The average Bonchev–Trinajstić information content (AvgIpc) is 3.30. The number of thiophene rings is 1. The van der Waals surface area contributed by atoms with Gasteiger partial charge in [0.1, 0.15) is 5.00 Å². The summed E-state index contributed by atoms with van der Waals surface area (Å²) in [6, 6.07) is 5.54. The van der Waals surface area contributed by atoms with E-state index in [9.17, 15) is 9.59 Å². The van der Waals surface area contributed by atoms with Crippen LogP contribution in [-0.4, -0.2) is 49.9 Å². The molecule has 0 unspecified atom stereocenters. The zero-order valence-corrected chi connectivity index (χ0v) is 19.0. The molecule has 160 valence electrons. The number of hydrogen-bond acceptors (Lipinski definition) is 7. The third kappa shape index (κ3) is 4.34. The molecule has 3 rings (SSSR count). The summed E-state index contributed by atoms with van der Waals surface area (Å²) >= 11 is 6.61. The number of nitrogens with one attached hydrogen (secondary N) is 2. The minimum atomic E-state index is -0.532. The van der Waals surface area contributed by atoms with E-state index in [1.165, 1.54) is 23.3 Å². The highest BCUT2D eigenvalue weighted by Gasteiger charge is 2.27. The van der Waals surface area contributed by atoms with Crippen molar-refractivity contribution in [3.63, 3.8) is 0 Å². The molecule has 1 aliphatic rings. The van der Waals surface area contributed by atoms with Crippen molar-refractivity contribution in [1.82, 2.24) is 10.2 Å². The Morgan fingerprint density at radius 1 is 1.27 bits per heavy atom. The van der Waals surface area contributed by atoms with Crippen molar-refractivity contribution in [1.29, 1.82) is 0 Å². The molecule has 0 spiro atoms. The number of anilines is 1. The van der Waals surface area contributed by atoms with Crippen LogP contribution in [0.2, 0.25) is 0 Å². The van der Waals surface area contributed by atoms with Crippen molar-refractivity contribution in [2.75, 3.05) is 33.3 Å². The molecule has 1 atom stereocenters. The summed E-state index contributed by atoms with van der Waals surface area (Å²) < 4.78 is 15.7. The van der Waals surface area contributed by atoms with Gasteiger partial charge in [0.05, 0.1) is 23.6 Å². The summed E-state index contributed by atoms with van der Waals surface area (Å²) in [7, 11) is 4.62. The van der Waals surface area contributed by atoms with Gasteiger partial charge in [-0.1, -0.05) is 6.07 Å². The molecule has 0 bridgehead atoms. The number of rotatable bonds is 5. The third-order valence-electron chi connectivity index (χ3n) is 4.61. The molecule has 10 heteroatoms.